The van der Waals surface area contributed by atoms with Crippen molar-refractivity contribution in [1.82, 2.24) is 0 Å². The number of hydrogen-bond acceptors (Lipinski definition) is 2. The standard InChI is InChI=1S/C8H17NO/c1-3-7-5-6-10-8(7,9)4-2/h7H,3-6,9H2,1-2H3. The van der Waals surface area contributed by atoms with Gasteiger partial charge in [-0.15, -0.1) is 0 Å². The zero-order valence-corrected chi connectivity index (χ0v) is 6.89. The molecule has 2 nitrogen and oxygen atoms in total. The van der Waals surface area contributed by atoms with Crippen molar-refractivity contribution in [2.24, 2.45) is 11.7 Å². The lowest BCUT2D eigenvalue weighted by molar-refractivity contribution is -0.0203. The Bertz CT molecular complexity index is 116. The zero-order valence-electron chi connectivity index (χ0n) is 6.89. The SMILES string of the molecule is CCC1CCOC1(N)CC. The maximum atomic E-state index is 5.99. The predicted octanol–water partition coefficient (Wildman–Crippen LogP) is 1.50. The average molecular weight is 143 g/mol. The largest absolute Gasteiger partial charge is 0.361 e. The summed E-state index contributed by atoms with van der Waals surface area (Å²) < 4.78 is 5.47. The lowest BCUT2D eigenvalue weighted by Crippen LogP contribution is -2.44. The first-order chi connectivity index (χ1) is 4.73. The monoisotopic (exact) mass is 143 g/mol. The fraction of sp³-hybridized carbons (Fsp3) is 1.00. The molecular weight excluding hydrogens is 126 g/mol. The van der Waals surface area contributed by atoms with Crippen molar-refractivity contribution in [2.75, 3.05) is 6.61 Å². The van der Waals surface area contributed by atoms with Crippen LogP contribution in [0.2, 0.25) is 0 Å². The smallest absolute Gasteiger partial charge is 0.119 e. The van der Waals surface area contributed by atoms with Crippen LogP contribution in [0.3, 0.4) is 0 Å². The number of ether oxygens (including phenoxy) is 1. The highest BCUT2D eigenvalue weighted by atomic mass is 16.5. The molecule has 0 amide bonds. The summed E-state index contributed by atoms with van der Waals surface area (Å²) in [6, 6.07) is 0. The molecule has 0 aromatic rings. The van der Waals surface area contributed by atoms with E-state index >= 15 is 0 Å². The molecule has 10 heavy (non-hydrogen) atoms. The molecule has 0 saturated carbocycles. The van der Waals surface area contributed by atoms with E-state index in [0.29, 0.717) is 5.92 Å². The number of hydrogen-bond donors (Lipinski definition) is 1. The van der Waals surface area contributed by atoms with Gasteiger partial charge in [0.2, 0.25) is 0 Å². The number of rotatable bonds is 2. The zero-order chi connectivity index (χ0) is 7.61. The lowest BCUT2D eigenvalue weighted by atomic mass is 9.91. The fourth-order valence-electron chi connectivity index (χ4n) is 1.69. The summed E-state index contributed by atoms with van der Waals surface area (Å²) in [5.74, 6) is 0.581. The van der Waals surface area contributed by atoms with Gasteiger partial charge in [-0.3, -0.25) is 0 Å². The van der Waals surface area contributed by atoms with Crippen molar-refractivity contribution in [3.63, 3.8) is 0 Å². The van der Waals surface area contributed by atoms with Crippen LogP contribution >= 0.6 is 0 Å². The maximum absolute atomic E-state index is 5.99. The van der Waals surface area contributed by atoms with Crippen molar-refractivity contribution >= 4 is 0 Å². The summed E-state index contributed by atoms with van der Waals surface area (Å²) in [6.07, 6.45) is 3.22. The van der Waals surface area contributed by atoms with Crippen LogP contribution < -0.4 is 5.73 Å². The molecule has 1 aliphatic rings. The molecule has 0 aromatic heterocycles. The van der Waals surface area contributed by atoms with Gasteiger partial charge in [0, 0.05) is 12.5 Å². The quantitative estimate of drug-likeness (QED) is 0.635. The Labute approximate surface area is 62.7 Å². The van der Waals surface area contributed by atoms with Crippen molar-refractivity contribution < 1.29 is 4.74 Å². The Morgan fingerprint density at radius 1 is 1.60 bits per heavy atom. The molecule has 60 valence electrons. The van der Waals surface area contributed by atoms with Crippen molar-refractivity contribution in [1.29, 1.82) is 0 Å². The minimum absolute atomic E-state index is 0.297. The van der Waals surface area contributed by atoms with Gasteiger partial charge in [-0.25, -0.2) is 0 Å². The summed E-state index contributed by atoms with van der Waals surface area (Å²) in [5, 5.41) is 0. The molecule has 1 saturated heterocycles. The molecule has 2 atom stereocenters. The molecule has 1 fully saturated rings. The normalized spacial score (nSPS) is 40.5. The first kappa shape index (κ1) is 8.02. The second-order valence-corrected chi connectivity index (χ2v) is 3.05. The summed E-state index contributed by atoms with van der Waals surface area (Å²) in [7, 11) is 0. The van der Waals surface area contributed by atoms with Crippen LogP contribution in [0.15, 0.2) is 0 Å². The molecule has 2 N–H and O–H groups in total. The van der Waals surface area contributed by atoms with Crippen LogP contribution in [0.25, 0.3) is 0 Å². The Hall–Kier alpha value is -0.0800. The van der Waals surface area contributed by atoms with Crippen LogP contribution in [0.5, 0.6) is 0 Å². The maximum Gasteiger partial charge on any atom is 0.119 e. The van der Waals surface area contributed by atoms with E-state index in [-0.39, 0.29) is 5.72 Å². The molecular formula is C8H17NO. The van der Waals surface area contributed by atoms with E-state index in [0.717, 1.165) is 25.9 Å². The highest BCUT2D eigenvalue weighted by Gasteiger charge is 2.37. The van der Waals surface area contributed by atoms with Gasteiger partial charge in [0.05, 0.1) is 0 Å². The molecule has 1 rings (SSSR count). The van der Waals surface area contributed by atoms with E-state index in [2.05, 4.69) is 13.8 Å². The molecule has 0 bridgehead atoms. The van der Waals surface area contributed by atoms with E-state index in [1.54, 1.807) is 0 Å². The Morgan fingerprint density at radius 2 is 2.30 bits per heavy atom. The minimum Gasteiger partial charge on any atom is -0.361 e. The predicted molar refractivity (Wildman–Crippen MR) is 41.6 cm³/mol. The first-order valence-electron chi connectivity index (χ1n) is 4.15. The highest BCUT2D eigenvalue weighted by molar-refractivity contribution is 4.85. The van der Waals surface area contributed by atoms with Gasteiger partial charge in [-0.2, -0.15) is 0 Å². The van der Waals surface area contributed by atoms with Gasteiger partial charge in [0.15, 0.2) is 0 Å². The topological polar surface area (TPSA) is 35.2 Å². The van der Waals surface area contributed by atoms with Crippen molar-refractivity contribution in [2.45, 2.75) is 38.8 Å². The van der Waals surface area contributed by atoms with E-state index in [4.69, 9.17) is 10.5 Å². The van der Waals surface area contributed by atoms with Crippen LogP contribution in [0, 0.1) is 5.92 Å². The van der Waals surface area contributed by atoms with Crippen LogP contribution in [0.1, 0.15) is 33.1 Å². The summed E-state index contributed by atoms with van der Waals surface area (Å²) in [4.78, 5) is 0. The van der Waals surface area contributed by atoms with E-state index in [9.17, 15) is 0 Å². The van der Waals surface area contributed by atoms with Crippen molar-refractivity contribution in [3.05, 3.63) is 0 Å². The van der Waals surface area contributed by atoms with Gasteiger partial charge in [-0.1, -0.05) is 13.8 Å². The Kier molecular flexibility index (Phi) is 2.32. The van der Waals surface area contributed by atoms with Crippen molar-refractivity contribution in [3.8, 4) is 0 Å². The van der Waals surface area contributed by atoms with Crippen LogP contribution in [-0.2, 0) is 4.74 Å². The highest BCUT2D eigenvalue weighted by Crippen LogP contribution is 2.32. The fourth-order valence-corrected chi connectivity index (χ4v) is 1.69. The molecule has 0 aromatic carbocycles. The second kappa shape index (κ2) is 2.89. The molecule has 0 aliphatic carbocycles. The third-order valence-corrected chi connectivity index (χ3v) is 2.57. The first-order valence-corrected chi connectivity index (χ1v) is 4.15. The molecule has 0 radical (unpaired) electrons. The molecule has 1 heterocycles. The van der Waals surface area contributed by atoms with Gasteiger partial charge in [0.25, 0.3) is 0 Å². The van der Waals surface area contributed by atoms with Gasteiger partial charge >= 0.3 is 0 Å². The Morgan fingerprint density at radius 3 is 2.70 bits per heavy atom. The summed E-state index contributed by atoms with van der Waals surface area (Å²) in [5.41, 5.74) is 5.69. The number of nitrogens with two attached hydrogens (primary N) is 1. The van der Waals surface area contributed by atoms with E-state index < -0.39 is 0 Å². The average Bonchev–Trinajstić information content (AvgIpc) is 2.32. The van der Waals surface area contributed by atoms with Gasteiger partial charge in [0.1, 0.15) is 5.72 Å². The van der Waals surface area contributed by atoms with Gasteiger partial charge < -0.3 is 10.5 Å². The minimum atomic E-state index is -0.297. The Balaban J connectivity index is 2.56. The molecule has 1 aliphatic heterocycles. The van der Waals surface area contributed by atoms with Crippen LogP contribution in [0.4, 0.5) is 0 Å². The second-order valence-electron chi connectivity index (χ2n) is 3.05. The lowest BCUT2D eigenvalue weighted by Gasteiger charge is -2.27. The van der Waals surface area contributed by atoms with E-state index in [1.807, 2.05) is 0 Å². The summed E-state index contributed by atoms with van der Waals surface area (Å²) in [6.45, 7) is 5.12. The molecule has 2 heteroatoms. The molecule has 0 spiro atoms. The molecule has 2 unspecified atom stereocenters. The summed E-state index contributed by atoms with van der Waals surface area (Å²) >= 11 is 0. The third-order valence-electron chi connectivity index (χ3n) is 2.57. The van der Waals surface area contributed by atoms with Gasteiger partial charge in [-0.05, 0) is 19.3 Å². The van der Waals surface area contributed by atoms with Crippen LogP contribution in [-0.4, -0.2) is 12.3 Å². The van der Waals surface area contributed by atoms with E-state index in [1.165, 1.54) is 0 Å². The third kappa shape index (κ3) is 1.18.